The van der Waals surface area contributed by atoms with Gasteiger partial charge in [0.25, 0.3) is 5.91 Å². The molecule has 1 unspecified atom stereocenters. The van der Waals surface area contributed by atoms with Crippen LogP contribution in [0.5, 0.6) is 5.75 Å². The van der Waals surface area contributed by atoms with Crippen molar-refractivity contribution in [2.75, 3.05) is 13.1 Å². The average molecular weight is 292 g/mol. The summed E-state index contributed by atoms with van der Waals surface area (Å²) in [5.41, 5.74) is 0.854. The summed E-state index contributed by atoms with van der Waals surface area (Å²) in [6.07, 6.45) is -0.436. The summed E-state index contributed by atoms with van der Waals surface area (Å²) in [6, 6.07) is 3.35. The minimum absolute atomic E-state index is 0.0741. The van der Waals surface area contributed by atoms with E-state index in [-0.39, 0.29) is 18.8 Å². The third kappa shape index (κ3) is 3.13. The first-order chi connectivity index (χ1) is 9.90. The molecule has 112 valence electrons. The van der Waals surface area contributed by atoms with E-state index in [9.17, 15) is 19.5 Å². The van der Waals surface area contributed by atoms with E-state index < -0.39 is 30.2 Å². The van der Waals surface area contributed by atoms with Crippen molar-refractivity contribution in [3.05, 3.63) is 29.3 Å². The Morgan fingerprint density at radius 3 is 2.76 bits per heavy atom. The number of carbonyl (C=O) groups excluding carboxylic acids is 2. The number of carbonyl (C=O) groups is 3. The van der Waals surface area contributed by atoms with Gasteiger partial charge in [0.15, 0.2) is 0 Å². The first-order valence-electron chi connectivity index (χ1n) is 6.50. The van der Waals surface area contributed by atoms with Crippen LogP contribution in [0, 0.1) is 6.92 Å². The molecule has 1 aromatic rings. The standard InChI is InChI=1S/C14H16N2O5/c1-8-6-9(2-3-11(8)17)14(21)16-5-4-15-13(20)10(16)7-12(18)19/h2-3,6,10,17H,4-5,7H2,1H3,(H,15,20)(H,18,19). The number of nitrogens with one attached hydrogen (secondary N) is 1. The van der Waals surface area contributed by atoms with Crippen LogP contribution in [0.1, 0.15) is 22.3 Å². The van der Waals surface area contributed by atoms with E-state index in [1.165, 1.54) is 23.1 Å². The van der Waals surface area contributed by atoms with Crippen LogP contribution in [0.15, 0.2) is 18.2 Å². The Morgan fingerprint density at radius 1 is 1.43 bits per heavy atom. The number of aromatic hydroxyl groups is 1. The highest BCUT2D eigenvalue weighted by molar-refractivity contribution is 5.99. The molecule has 1 fully saturated rings. The molecule has 0 saturated carbocycles. The fraction of sp³-hybridized carbons (Fsp3) is 0.357. The Balaban J connectivity index is 2.27. The van der Waals surface area contributed by atoms with Crippen molar-refractivity contribution < 1.29 is 24.6 Å². The zero-order valence-corrected chi connectivity index (χ0v) is 11.5. The summed E-state index contributed by atoms with van der Waals surface area (Å²) in [5.74, 6) is -1.95. The van der Waals surface area contributed by atoms with E-state index in [1.807, 2.05) is 0 Å². The molecule has 1 heterocycles. The van der Waals surface area contributed by atoms with E-state index in [0.717, 1.165) is 0 Å². The van der Waals surface area contributed by atoms with Gasteiger partial charge < -0.3 is 20.4 Å². The molecule has 1 aromatic carbocycles. The number of hydrogen-bond donors (Lipinski definition) is 3. The molecule has 2 rings (SSSR count). The molecule has 1 aliphatic rings. The highest BCUT2D eigenvalue weighted by atomic mass is 16.4. The molecule has 7 nitrogen and oxygen atoms in total. The van der Waals surface area contributed by atoms with Crippen molar-refractivity contribution in [1.29, 1.82) is 0 Å². The Labute approximate surface area is 121 Å². The number of aliphatic carboxylic acids is 1. The van der Waals surface area contributed by atoms with Gasteiger partial charge in [-0.15, -0.1) is 0 Å². The number of aryl methyl sites for hydroxylation is 1. The van der Waals surface area contributed by atoms with Crippen LogP contribution < -0.4 is 5.32 Å². The minimum atomic E-state index is -1.14. The fourth-order valence-electron chi connectivity index (χ4n) is 2.28. The molecule has 3 N–H and O–H groups in total. The van der Waals surface area contributed by atoms with E-state index >= 15 is 0 Å². The Bertz CT molecular complexity index is 599. The van der Waals surface area contributed by atoms with Crippen LogP contribution in [-0.2, 0) is 9.59 Å². The lowest BCUT2D eigenvalue weighted by atomic mass is 10.0. The maximum atomic E-state index is 12.5. The number of phenols is 1. The largest absolute Gasteiger partial charge is 0.508 e. The summed E-state index contributed by atoms with van der Waals surface area (Å²) in [5, 5.41) is 20.9. The van der Waals surface area contributed by atoms with Crippen LogP contribution in [0.3, 0.4) is 0 Å². The maximum Gasteiger partial charge on any atom is 0.305 e. The van der Waals surface area contributed by atoms with E-state index in [2.05, 4.69) is 5.32 Å². The van der Waals surface area contributed by atoms with Gasteiger partial charge in [-0.05, 0) is 30.7 Å². The number of piperazine rings is 1. The second kappa shape index (κ2) is 5.82. The smallest absolute Gasteiger partial charge is 0.305 e. The predicted molar refractivity (Wildman–Crippen MR) is 72.9 cm³/mol. The number of carboxylic acids is 1. The van der Waals surface area contributed by atoms with Gasteiger partial charge in [-0.25, -0.2) is 0 Å². The number of carboxylic acid groups (broad SMARTS) is 1. The maximum absolute atomic E-state index is 12.5. The van der Waals surface area contributed by atoms with E-state index in [1.54, 1.807) is 6.92 Å². The molecule has 2 amide bonds. The van der Waals surface area contributed by atoms with Gasteiger partial charge in [-0.1, -0.05) is 0 Å². The van der Waals surface area contributed by atoms with Gasteiger partial charge in [0.1, 0.15) is 11.8 Å². The van der Waals surface area contributed by atoms with Gasteiger partial charge in [-0.3, -0.25) is 14.4 Å². The Kier molecular flexibility index (Phi) is 4.11. The third-order valence-corrected chi connectivity index (χ3v) is 3.40. The molecule has 0 aromatic heterocycles. The summed E-state index contributed by atoms with van der Waals surface area (Å²) in [7, 11) is 0. The van der Waals surface area contributed by atoms with Crippen LogP contribution >= 0.6 is 0 Å². The van der Waals surface area contributed by atoms with Crippen LogP contribution in [0.2, 0.25) is 0 Å². The van der Waals surface area contributed by atoms with E-state index in [4.69, 9.17) is 5.11 Å². The van der Waals surface area contributed by atoms with Crippen molar-refractivity contribution in [3.8, 4) is 5.75 Å². The predicted octanol–water partition coefficient (Wildman–Crippen LogP) is 0.116. The Hall–Kier alpha value is -2.57. The molecule has 0 spiro atoms. The van der Waals surface area contributed by atoms with Gasteiger partial charge in [-0.2, -0.15) is 0 Å². The average Bonchev–Trinajstić information content (AvgIpc) is 2.43. The van der Waals surface area contributed by atoms with Crippen molar-refractivity contribution in [2.45, 2.75) is 19.4 Å². The number of nitrogens with zero attached hydrogens (tertiary/aromatic N) is 1. The highest BCUT2D eigenvalue weighted by Crippen LogP contribution is 2.20. The van der Waals surface area contributed by atoms with Crippen LogP contribution in [-0.4, -0.2) is 52.0 Å². The van der Waals surface area contributed by atoms with E-state index in [0.29, 0.717) is 11.1 Å². The Morgan fingerprint density at radius 2 is 2.14 bits per heavy atom. The monoisotopic (exact) mass is 292 g/mol. The van der Waals surface area contributed by atoms with Crippen molar-refractivity contribution >= 4 is 17.8 Å². The fourth-order valence-corrected chi connectivity index (χ4v) is 2.28. The van der Waals surface area contributed by atoms with Gasteiger partial charge >= 0.3 is 5.97 Å². The van der Waals surface area contributed by atoms with Gasteiger partial charge in [0.05, 0.1) is 6.42 Å². The van der Waals surface area contributed by atoms with Crippen molar-refractivity contribution in [3.63, 3.8) is 0 Å². The topological polar surface area (TPSA) is 107 Å². The second-order valence-electron chi connectivity index (χ2n) is 4.90. The molecule has 1 aliphatic heterocycles. The SMILES string of the molecule is Cc1cc(C(=O)N2CCNC(=O)C2CC(=O)O)ccc1O. The molecule has 0 bridgehead atoms. The molecule has 21 heavy (non-hydrogen) atoms. The molecule has 0 aliphatic carbocycles. The number of phenolic OH excluding ortho intramolecular Hbond substituents is 1. The van der Waals surface area contributed by atoms with Gasteiger partial charge in [0.2, 0.25) is 5.91 Å². The summed E-state index contributed by atoms with van der Waals surface area (Å²) in [4.78, 5) is 36.4. The second-order valence-corrected chi connectivity index (χ2v) is 4.90. The molecular weight excluding hydrogens is 276 g/mol. The van der Waals surface area contributed by atoms with Crippen molar-refractivity contribution in [2.24, 2.45) is 0 Å². The zero-order chi connectivity index (χ0) is 15.6. The first kappa shape index (κ1) is 14.8. The van der Waals surface area contributed by atoms with Crippen LogP contribution in [0.25, 0.3) is 0 Å². The minimum Gasteiger partial charge on any atom is -0.508 e. The molecular formula is C14H16N2O5. The highest BCUT2D eigenvalue weighted by Gasteiger charge is 2.35. The first-order valence-corrected chi connectivity index (χ1v) is 6.50. The number of hydrogen-bond acceptors (Lipinski definition) is 4. The third-order valence-electron chi connectivity index (χ3n) is 3.40. The van der Waals surface area contributed by atoms with Gasteiger partial charge in [0, 0.05) is 18.7 Å². The lowest BCUT2D eigenvalue weighted by molar-refractivity contribution is -0.142. The summed E-state index contributed by atoms with van der Waals surface area (Å²) >= 11 is 0. The zero-order valence-electron chi connectivity index (χ0n) is 11.5. The molecule has 1 saturated heterocycles. The molecule has 0 radical (unpaired) electrons. The lowest BCUT2D eigenvalue weighted by Gasteiger charge is -2.34. The summed E-state index contributed by atoms with van der Waals surface area (Å²) in [6.45, 7) is 2.20. The number of rotatable bonds is 3. The quantitative estimate of drug-likeness (QED) is 0.733. The van der Waals surface area contributed by atoms with Crippen molar-refractivity contribution in [1.82, 2.24) is 10.2 Å². The van der Waals surface area contributed by atoms with Crippen LogP contribution in [0.4, 0.5) is 0 Å². The molecule has 1 atom stereocenters. The number of amides is 2. The summed E-state index contributed by atoms with van der Waals surface area (Å²) < 4.78 is 0. The number of benzene rings is 1. The normalized spacial score (nSPS) is 18.2. The molecule has 7 heteroatoms. The lowest BCUT2D eigenvalue weighted by Crippen LogP contribution is -2.57.